The predicted molar refractivity (Wildman–Crippen MR) is 67.3 cm³/mol. The molecule has 3 rings (SSSR count). The largest absolute Gasteiger partial charge is 0.306 e. The maximum absolute atomic E-state index is 4.70. The van der Waals surface area contributed by atoms with Gasteiger partial charge < -0.3 is 5.32 Å². The second kappa shape index (κ2) is 3.74. The summed E-state index contributed by atoms with van der Waals surface area (Å²) in [5.41, 5.74) is 0.0274. The number of hydrogen-bond donors (Lipinski definition) is 1. The highest BCUT2D eigenvalue weighted by molar-refractivity contribution is 7.16. The first-order valence-corrected chi connectivity index (χ1v) is 6.89. The maximum atomic E-state index is 4.70. The molecule has 92 valence electrons. The third-order valence-electron chi connectivity index (χ3n) is 3.37. The summed E-state index contributed by atoms with van der Waals surface area (Å²) in [5.74, 6) is 1.30. The van der Waals surface area contributed by atoms with Gasteiger partial charge in [0.05, 0.1) is 5.54 Å². The van der Waals surface area contributed by atoms with E-state index in [0.717, 1.165) is 28.8 Å². The van der Waals surface area contributed by atoms with Gasteiger partial charge in [0.25, 0.3) is 0 Å². The summed E-state index contributed by atoms with van der Waals surface area (Å²) in [6.45, 7) is 7.53. The van der Waals surface area contributed by atoms with Gasteiger partial charge in [-0.2, -0.15) is 9.61 Å². The summed E-state index contributed by atoms with van der Waals surface area (Å²) in [7, 11) is 0. The molecular weight excluding hydrogens is 234 g/mol. The minimum Gasteiger partial charge on any atom is -0.306 e. The average Bonchev–Trinajstić information content (AvgIpc) is 2.89. The molecule has 2 aromatic heterocycles. The molecule has 0 bridgehead atoms. The quantitative estimate of drug-likeness (QED) is 0.886. The molecule has 2 aromatic rings. The molecule has 5 nitrogen and oxygen atoms in total. The predicted octanol–water partition coefficient (Wildman–Crippen LogP) is 1.91. The Morgan fingerprint density at radius 3 is 2.88 bits per heavy atom. The minimum absolute atomic E-state index is 0.0274. The molecule has 1 aliphatic rings. The topological polar surface area (TPSA) is 55.1 Å². The van der Waals surface area contributed by atoms with Gasteiger partial charge in [-0.3, -0.25) is 0 Å². The number of hydrogen-bond acceptors (Lipinski definition) is 5. The summed E-state index contributed by atoms with van der Waals surface area (Å²) < 4.78 is 1.90. The van der Waals surface area contributed by atoms with Gasteiger partial charge in [0.15, 0.2) is 5.82 Å². The molecule has 1 saturated heterocycles. The molecule has 0 amide bonds. The lowest BCUT2D eigenvalue weighted by atomic mass is 10.0. The van der Waals surface area contributed by atoms with Gasteiger partial charge in [-0.1, -0.05) is 25.2 Å². The van der Waals surface area contributed by atoms with E-state index < -0.39 is 0 Å². The average molecular weight is 251 g/mol. The van der Waals surface area contributed by atoms with Crippen molar-refractivity contribution >= 4 is 16.3 Å². The van der Waals surface area contributed by atoms with Crippen molar-refractivity contribution in [3.05, 3.63) is 10.8 Å². The van der Waals surface area contributed by atoms with Crippen LogP contribution in [0.4, 0.5) is 0 Å². The van der Waals surface area contributed by atoms with E-state index in [-0.39, 0.29) is 5.54 Å². The van der Waals surface area contributed by atoms with Crippen molar-refractivity contribution in [3.63, 3.8) is 0 Å². The van der Waals surface area contributed by atoms with Crippen molar-refractivity contribution in [2.24, 2.45) is 0 Å². The molecule has 6 heteroatoms. The van der Waals surface area contributed by atoms with E-state index in [1.54, 1.807) is 11.3 Å². The summed E-state index contributed by atoms with van der Waals surface area (Å²) in [6, 6.07) is 0. The van der Waals surface area contributed by atoms with E-state index in [4.69, 9.17) is 5.10 Å². The second-order valence-electron chi connectivity index (χ2n) is 5.18. The van der Waals surface area contributed by atoms with Gasteiger partial charge >= 0.3 is 0 Å². The molecule has 1 N–H and O–H groups in total. The van der Waals surface area contributed by atoms with Gasteiger partial charge in [0.2, 0.25) is 4.96 Å². The summed E-state index contributed by atoms with van der Waals surface area (Å²) in [4.78, 5) is 0.902. The van der Waals surface area contributed by atoms with Crippen LogP contribution in [-0.2, 0) is 5.54 Å². The van der Waals surface area contributed by atoms with Crippen LogP contribution >= 0.6 is 11.3 Å². The molecule has 1 atom stereocenters. The van der Waals surface area contributed by atoms with Crippen molar-refractivity contribution in [1.82, 2.24) is 25.1 Å². The Balaban J connectivity index is 2.07. The third-order valence-corrected chi connectivity index (χ3v) is 4.53. The molecule has 1 aliphatic heterocycles. The molecule has 17 heavy (non-hydrogen) atoms. The molecule has 0 aliphatic carbocycles. The molecule has 0 aromatic carbocycles. The lowest BCUT2D eigenvalue weighted by Crippen LogP contribution is -2.33. The van der Waals surface area contributed by atoms with E-state index in [0.29, 0.717) is 5.92 Å². The first kappa shape index (κ1) is 11.1. The summed E-state index contributed by atoms with van der Waals surface area (Å²) >= 11 is 1.65. The summed E-state index contributed by atoms with van der Waals surface area (Å²) in [6.07, 6.45) is 2.36. The molecular formula is C11H17N5S. The van der Waals surface area contributed by atoms with E-state index in [1.165, 1.54) is 6.42 Å². The van der Waals surface area contributed by atoms with Gasteiger partial charge in [-0.25, -0.2) is 0 Å². The number of rotatable bonds is 2. The van der Waals surface area contributed by atoms with E-state index in [1.807, 2.05) is 4.52 Å². The fourth-order valence-corrected chi connectivity index (χ4v) is 3.29. The van der Waals surface area contributed by atoms with Crippen molar-refractivity contribution in [2.45, 2.75) is 45.1 Å². The maximum Gasteiger partial charge on any atom is 0.234 e. The van der Waals surface area contributed by atoms with Gasteiger partial charge in [-0.15, -0.1) is 10.2 Å². The van der Waals surface area contributed by atoms with Crippen LogP contribution in [0.15, 0.2) is 0 Å². The van der Waals surface area contributed by atoms with Crippen molar-refractivity contribution in [2.75, 3.05) is 6.54 Å². The Morgan fingerprint density at radius 2 is 2.24 bits per heavy atom. The zero-order valence-corrected chi connectivity index (χ0v) is 11.2. The van der Waals surface area contributed by atoms with Crippen molar-refractivity contribution in [3.8, 4) is 0 Å². The highest BCUT2D eigenvalue weighted by Crippen LogP contribution is 2.33. The standard InChI is InChI=1S/C11H17N5S/c1-7(2)8-13-14-10-16(8)15-9(17-10)11(3)5-4-6-12-11/h7,12H,4-6H2,1-3H3. The Kier molecular flexibility index (Phi) is 2.45. The van der Waals surface area contributed by atoms with E-state index >= 15 is 0 Å². The summed E-state index contributed by atoms with van der Waals surface area (Å²) in [5, 5.41) is 17.7. The first-order valence-electron chi connectivity index (χ1n) is 6.08. The SMILES string of the molecule is CC(C)c1nnc2sc(C3(C)CCCN3)nn12. The first-order chi connectivity index (χ1) is 8.10. The lowest BCUT2D eigenvalue weighted by molar-refractivity contribution is 0.426. The van der Waals surface area contributed by atoms with Crippen LogP contribution < -0.4 is 5.32 Å². The second-order valence-corrected chi connectivity index (χ2v) is 6.13. The lowest BCUT2D eigenvalue weighted by Gasteiger charge is -2.20. The molecule has 0 spiro atoms. The third kappa shape index (κ3) is 1.66. The van der Waals surface area contributed by atoms with Crippen LogP contribution in [0.25, 0.3) is 4.96 Å². The highest BCUT2D eigenvalue weighted by atomic mass is 32.1. The van der Waals surface area contributed by atoms with Crippen LogP contribution in [0, 0.1) is 0 Å². The Bertz CT molecular complexity index is 535. The van der Waals surface area contributed by atoms with Crippen LogP contribution in [0.3, 0.4) is 0 Å². The van der Waals surface area contributed by atoms with Crippen molar-refractivity contribution in [1.29, 1.82) is 0 Å². The van der Waals surface area contributed by atoms with Gasteiger partial charge in [0.1, 0.15) is 5.01 Å². The Morgan fingerprint density at radius 1 is 1.41 bits per heavy atom. The van der Waals surface area contributed by atoms with Crippen LogP contribution in [0.2, 0.25) is 0 Å². The van der Waals surface area contributed by atoms with Crippen LogP contribution in [0.1, 0.15) is 50.4 Å². The zero-order valence-electron chi connectivity index (χ0n) is 10.4. The van der Waals surface area contributed by atoms with E-state index in [2.05, 4.69) is 36.3 Å². The van der Waals surface area contributed by atoms with Crippen LogP contribution in [0.5, 0.6) is 0 Å². The van der Waals surface area contributed by atoms with Crippen molar-refractivity contribution < 1.29 is 0 Å². The number of fused-ring (bicyclic) bond motifs is 1. The smallest absolute Gasteiger partial charge is 0.234 e. The molecule has 1 fully saturated rings. The highest BCUT2D eigenvalue weighted by Gasteiger charge is 2.34. The minimum atomic E-state index is 0.0274. The number of aromatic nitrogens is 4. The Labute approximate surface area is 104 Å². The van der Waals surface area contributed by atoms with E-state index in [9.17, 15) is 0 Å². The Hall–Kier alpha value is -1.01. The fraction of sp³-hybridized carbons (Fsp3) is 0.727. The van der Waals surface area contributed by atoms with Gasteiger partial charge in [-0.05, 0) is 26.3 Å². The molecule has 0 radical (unpaired) electrons. The number of nitrogens with one attached hydrogen (secondary N) is 1. The normalized spacial score (nSPS) is 25.2. The molecule has 1 unspecified atom stereocenters. The molecule has 3 heterocycles. The molecule has 0 saturated carbocycles. The van der Waals surface area contributed by atoms with Crippen LogP contribution in [-0.4, -0.2) is 26.4 Å². The van der Waals surface area contributed by atoms with Gasteiger partial charge in [0, 0.05) is 5.92 Å². The zero-order chi connectivity index (χ0) is 12.0. The fourth-order valence-electron chi connectivity index (χ4n) is 2.29. The number of nitrogens with zero attached hydrogens (tertiary/aromatic N) is 4. The monoisotopic (exact) mass is 251 g/mol.